The van der Waals surface area contributed by atoms with Gasteiger partial charge in [-0.25, -0.2) is 15.0 Å². The first kappa shape index (κ1) is 35.9. The quantitative estimate of drug-likeness (QED) is 0.159. The van der Waals surface area contributed by atoms with Gasteiger partial charge in [0.25, 0.3) is 0 Å². The molecule has 13 rings (SSSR count). The molecule has 0 aliphatic heterocycles. The molecule has 0 amide bonds. The van der Waals surface area contributed by atoms with Crippen LogP contribution in [0, 0.1) is 0 Å². The van der Waals surface area contributed by atoms with Crippen molar-refractivity contribution in [1.29, 1.82) is 0 Å². The lowest BCUT2D eigenvalue weighted by Gasteiger charge is -2.26. The average Bonchev–Trinajstić information content (AvgIpc) is 4.04. The Labute approximate surface area is 366 Å². The third-order valence-electron chi connectivity index (χ3n) is 12.2. The van der Waals surface area contributed by atoms with Crippen LogP contribution in [0.3, 0.4) is 0 Å². The van der Waals surface area contributed by atoms with Crippen molar-refractivity contribution < 1.29 is 8.83 Å². The van der Waals surface area contributed by atoms with E-state index in [1.54, 1.807) is 0 Å². The summed E-state index contributed by atoms with van der Waals surface area (Å²) in [5, 5.41) is 6.56. The molecule has 13 aromatic rings. The van der Waals surface area contributed by atoms with Crippen molar-refractivity contribution >= 4 is 82.7 Å². The fraction of sp³-hybridized carbons (Fsp3) is 0. The molecular weight excluding hydrogens is 787 g/mol. The largest absolute Gasteiger partial charge is 0.456 e. The van der Waals surface area contributed by atoms with E-state index in [1.807, 2.05) is 72.8 Å². The van der Waals surface area contributed by atoms with E-state index in [2.05, 4.69) is 149 Å². The topological polar surface area (TPSA) is 73.1 Å². The van der Waals surface area contributed by atoms with Gasteiger partial charge in [-0.15, -0.1) is 0 Å². The lowest BCUT2D eigenvalue weighted by molar-refractivity contribution is 0.669. The van der Waals surface area contributed by atoms with E-state index in [0.717, 1.165) is 99.7 Å². The van der Waals surface area contributed by atoms with Gasteiger partial charge in [-0.3, -0.25) is 0 Å². The maximum Gasteiger partial charge on any atom is 0.164 e. The zero-order valence-electron chi connectivity index (χ0n) is 34.3. The van der Waals surface area contributed by atoms with Gasteiger partial charge in [0.2, 0.25) is 0 Å². The standard InChI is InChI=1S/C57H35N5O2/c1-3-15-36(16-4-1)55-58-56(60-57(59-55)38-29-31-43-42-21-7-10-24-47(42)62(49(43)34-38)39-18-5-2-6-19-39)37-17-13-20-40(33-37)61(41-30-32-45-44-22-8-11-26-50(44)64-53(45)35-41)48-25-14-28-52-54(48)46-23-9-12-27-51(46)63-52/h1-35H. The number of furan rings is 2. The molecule has 64 heavy (non-hydrogen) atoms. The fourth-order valence-corrected chi connectivity index (χ4v) is 9.32. The molecule has 0 saturated heterocycles. The molecular formula is C57H35N5O2. The zero-order chi connectivity index (χ0) is 42.1. The molecule has 0 aliphatic rings. The molecule has 0 fully saturated rings. The molecule has 0 spiro atoms. The Hall–Kier alpha value is -8.81. The summed E-state index contributed by atoms with van der Waals surface area (Å²) in [4.78, 5) is 17.9. The molecule has 9 aromatic carbocycles. The first-order valence-electron chi connectivity index (χ1n) is 21.3. The number of rotatable bonds is 7. The third-order valence-corrected chi connectivity index (χ3v) is 12.2. The summed E-state index contributed by atoms with van der Waals surface area (Å²) in [5.41, 5.74) is 12.1. The van der Waals surface area contributed by atoms with Crippen LogP contribution in [-0.2, 0) is 0 Å². The molecule has 300 valence electrons. The van der Waals surface area contributed by atoms with Crippen LogP contribution in [-0.4, -0.2) is 19.5 Å². The van der Waals surface area contributed by atoms with Gasteiger partial charge >= 0.3 is 0 Å². The Bertz CT molecular complexity index is 3920. The first-order chi connectivity index (χ1) is 31.7. The van der Waals surface area contributed by atoms with E-state index in [4.69, 9.17) is 23.8 Å². The molecule has 0 N–H and O–H groups in total. The Kier molecular flexibility index (Phi) is 8.08. The second-order valence-electron chi connectivity index (χ2n) is 16.0. The van der Waals surface area contributed by atoms with Crippen LogP contribution in [0.4, 0.5) is 17.1 Å². The third kappa shape index (κ3) is 5.79. The number of anilines is 3. The maximum atomic E-state index is 6.46. The van der Waals surface area contributed by atoms with Crippen molar-refractivity contribution in [2.24, 2.45) is 0 Å². The van der Waals surface area contributed by atoms with Gasteiger partial charge in [-0.1, -0.05) is 133 Å². The number of fused-ring (bicyclic) bond motifs is 9. The smallest absolute Gasteiger partial charge is 0.164 e. The second-order valence-corrected chi connectivity index (χ2v) is 16.0. The van der Waals surface area contributed by atoms with Gasteiger partial charge in [0.15, 0.2) is 17.5 Å². The molecule has 0 bridgehead atoms. The summed E-state index contributed by atoms with van der Waals surface area (Å²) in [6.45, 7) is 0. The molecule has 7 nitrogen and oxygen atoms in total. The molecule has 7 heteroatoms. The average molecular weight is 822 g/mol. The molecule has 0 atom stereocenters. The van der Waals surface area contributed by atoms with Gasteiger partial charge in [0.05, 0.1) is 22.1 Å². The highest BCUT2D eigenvalue weighted by Gasteiger charge is 2.22. The number of benzene rings is 9. The maximum absolute atomic E-state index is 6.46. The molecule has 4 heterocycles. The predicted molar refractivity (Wildman–Crippen MR) is 260 cm³/mol. The minimum absolute atomic E-state index is 0.564. The lowest BCUT2D eigenvalue weighted by Crippen LogP contribution is -2.10. The zero-order valence-corrected chi connectivity index (χ0v) is 34.3. The number of hydrogen-bond donors (Lipinski definition) is 0. The summed E-state index contributed by atoms with van der Waals surface area (Å²) in [7, 11) is 0. The Balaban J connectivity index is 1.01. The highest BCUT2D eigenvalue weighted by Crippen LogP contribution is 2.45. The minimum atomic E-state index is 0.564. The Morgan fingerprint density at radius 3 is 1.70 bits per heavy atom. The highest BCUT2D eigenvalue weighted by molar-refractivity contribution is 6.14. The molecule has 4 aromatic heterocycles. The monoisotopic (exact) mass is 821 g/mol. The number of nitrogens with zero attached hydrogens (tertiary/aromatic N) is 5. The Morgan fingerprint density at radius 2 is 0.891 bits per heavy atom. The van der Waals surface area contributed by atoms with E-state index in [0.29, 0.717) is 17.5 Å². The minimum Gasteiger partial charge on any atom is -0.456 e. The van der Waals surface area contributed by atoms with Crippen LogP contribution in [0.15, 0.2) is 221 Å². The van der Waals surface area contributed by atoms with E-state index in [-0.39, 0.29) is 0 Å². The van der Waals surface area contributed by atoms with E-state index in [9.17, 15) is 0 Å². The summed E-state index contributed by atoms with van der Waals surface area (Å²) in [5.74, 6) is 1.74. The van der Waals surface area contributed by atoms with Crippen LogP contribution in [0.25, 0.3) is 106 Å². The van der Waals surface area contributed by atoms with E-state index >= 15 is 0 Å². The van der Waals surface area contributed by atoms with Crippen molar-refractivity contribution in [3.63, 3.8) is 0 Å². The number of aromatic nitrogens is 4. The first-order valence-corrected chi connectivity index (χ1v) is 21.3. The molecule has 0 unspecified atom stereocenters. The van der Waals surface area contributed by atoms with Crippen LogP contribution >= 0.6 is 0 Å². The summed E-state index contributed by atoms with van der Waals surface area (Å²) >= 11 is 0. The van der Waals surface area contributed by atoms with Gasteiger partial charge in [0, 0.05) is 66.8 Å². The normalized spacial score (nSPS) is 11.8. The summed E-state index contributed by atoms with van der Waals surface area (Å²) in [6, 6.07) is 73.2. The van der Waals surface area contributed by atoms with Gasteiger partial charge in [0.1, 0.15) is 22.3 Å². The van der Waals surface area contributed by atoms with Crippen LogP contribution in [0.1, 0.15) is 0 Å². The predicted octanol–water partition coefficient (Wildman–Crippen LogP) is 15.2. The SMILES string of the molecule is c1ccc(-c2nc(-c3cccc(N(c4ccc5c(c4)oc4ccccc45)c4cccc5oc6ccccc6c45)c3)nc(-c3ccc4c5ccccc5n(-c5ccccc5)c4c3)n2)cc1. The van der Waals surface area contributed by atoms with Gasteiger partial charge < -0.3 is 18.3 Å². The van der Waals surface area contributed by atoms with E-state index < -0.39 is 0 Å². The summed E-state index contributed by atoms with van der Waals surface area (Å²) in [6.07, 6.45) is 0. The molecule has 0 saturated carbocycles. The molecule has 0 radical (unpaired) electrons. The Morgan fingerprint density at radius 1 is 0.344 bits per heavy atom. The van der Waals surface area contributed by atoms with Crippen molar-refractivity contribution in [3.05, 3.63) is 212 Å². The lowest BCUT2D eigenvalue weighted by atomic mass is 10.1. The number of para-hydroxylation sites is 4. The highest BCUT2D eigenvalue weighted by atomic mass is 16.3. The van der Waals surface area contributed by atoms with Crippen LogP contribution in [0.5, 0.6) is 0 Å². The van der Waals surface area contributed by atoms with Gasteiger partial charge in [-0.2, -0.15) is 0 Å². The molecule has 0 aliphatic carbocycles. The summed E-state index contributed by atoms with van der Waals surface area (Å²) < 4.78 is 15.2. The van der Waals surface area contributed by atoms with Crippen molar-refractivity contribution in [1.82, 2.24) is 19.5 Å². The van der Waals surface area contributed by atoms with E-state index in [1.165, 1.54) is 5.39 Å². The fourth-order valence-electron chi connectivity index (χ4n) is 9.32. The van der Waals surface area contributed by atoms with Crippen molar-refractivity contribution in [2.45, 2.75) is 0 Å². The number of hydrogen-bond acceptors (Lipinski definition) is 6. The second kappa shape index (κ2) is 14.4. The van der Waals surface area contributed by atoms with Crippen molar-refractivity contribution in [2.75, 3.05) is 4.90 Å². The van der Waals surface area contributed by atoms with Crippen LogP contribution in [0.2, 0.25) is 0 Å². The van der Waals surface area contributed by atoms with Crippen molar-refractivity contribution in [3.8, 4) is 39.9 Å². The van der Waals surface area contributed by atoms with Crippen LogP contribution < -0.4 is 4.90 Å². The van der Waals surface area contributed by atoms with Gasteiger partial charge in [-0.05, 0) is 72.8 Å².